The van der Waals surface area contributed by atoms with Gasteiger partial charge in [-0.15, -0.1) is 0 Å². The lowest BCUT2D eigenvalue weighted by molar-refractivity contribution is -0.185. The Labute approximate surface area is 147 Å². The molecule has 0 bridgehead atoms. The number of aromatic amines is 1. The molecule has 12 nitrogen and oxygen atoms in total. The first kappa shape index (κ1) is 18.4. The van der Waals surface area contributed by atoms with Crippen molar-refractivity contribution in [1.82, 2.24) is 25.3 Å². The molecule has 12 heteroatoms. The van der Waals surface area contributed by atoms with E-state index in [0.717, 1.165) is 0 Å². The topological polar surface area (TPSA) is 192 Å². The van der Waals surface area contributed by atoms with Gasteiger partial charge in [-0.1, -0.05) is 0 Å². The van der Waals surface area contributed by atoms with Crippen LogP contribution in [-0.2, 0) is 9.53 Å². The summed E-state index contributed by atoms with van der Waals surface area (Å²) in [4.78, 5) is 26.7. The van der Waals surface area contributed by atoms with Crippen LogP contribution in [0.3, 0.4) is 0 Å². The highest BCUT2D eigenvalue weighted by Gasteiger charge is 2.45. The Morgan fingerprint density at radius 1 is 1.38 bits per heavy atom. The predicted octanol–water partition coefficient (Wildman–Crippen LogP) is -2.96. The van der Waals surface area contributed by atoms with Crippen LogP contribution in [0.25, 0.3) is 11.2 Å². The largest absolute Gasteiger partial charge is 0.394 e. The third-order valence-corrected chi connectivity index (χ3v) is 4.15. The lowest BCUT2D eigenvalue weighted by atomic mass is 9.95. The van der Waals surface area contributed by atoms with Gasteiger partial charge in [0.05, 0.1) is 25.0 Å². The number of nitrogens with two attached hydrogens (primary N) is 1. The molecule has 2 aromatic rings. The van der Waals surface area contributed by atoms with Gasteiger partial charge in [0.25, 0.3) is 0 Å². The smallest absolute Gasteiger partial charge is 0.237 e. The molecule has 1 saturated heterocycles. The van der Waals surface area contributed by atoms with Crippen molar-refractivity contribution in [1.29, 1.82) is 0 Å². The van der Waals surface area contributed by atoms with Crippen molar-refractivity contribution < 1.29 is 24.9 Å². The minimum atomic E-state index is -1.41. The summed E-state index contributed by atoms with van der Waals surface area (Å²) < 4.78 is 5.62. The van der Waals surface area contributed by atoms with Crippen molar-refractivity contribution in [3.63, 3.8) is 0 Å². The van der Waals surface area contributed by atoms with Gasteiger partial charge in [0.2, 0.25) is 5.91 Å². The summed E-state index contributed by atoms with van der Waals surface area (Å²) in [5.41, 5.74) is 6.40. The number of carbonyl (C=O) groups is 1. The SMILES string of the molecule is C[C@H](N)C(=O)N[C@@H]1[C@@H](O)[C@H](O)[C@@H](Nc2ncnc3nc[nH]c23)O[C@H]1CO. The van der Waals surface area contributed by atoms with Gasteiger partial charge in [-0.05, 0) is 6.92 Å². The Hall–Kier alpha value is -2.38. The van der Waals surface area contributed by atoms with Crippen molar-refractivity contribution in [3.8, 4) is 0 Å². The average molecular weight is 367 g/mol. The number of aromatic nitrogens is 4. The van der Waals surface area contributed by atoms with Gasteiger partial charge in [0.15, 0.2) is 17.7 Å². The van der Waals surface area contributed by atoms with Crippen LogP contribution >= 0.6 is 0 Å². The van der Waals surface area contributed by atoms with Crippen LogP contribution in [-0.4, -0.2) is 84.4 Å². The Kier molecular flexibility index (Phi) is 5.29. The number of hydrogen-bond acceptors (Lipinski definition) is 10. The van der Waals surface area contributed by atoms with Crippen LogP contribution in [0, 0.1) is 0 Å². The number of hydrogen-bond donors (Lipinski definition) is 7. The summed E-state index contributed by atoms with van der Waals surface area (Å²) in [6.07, 6.45) is -2.15. The third-order valence-electron chi connectivity index (χ3n) is 4.15. The van der Waals surface area contributed by atoms with E-state index in [1.807, 2.05) is 0 Å². The fourth-order valence-corrected chi connectivity index (χ4v) is 2.72. The molecule has 6 atom stereocenters. The van der Waals surface area contributed by atoms with Crippen LogP contribution in [0.4, 0.5) is 5.82 Å². The second kappa shape index (κ2) is 7.47. The molecular weight excluding hydrogens is 346 g/mol. The molecule has 0 radical (unpaired) electrons. The molecule has 0 unspecified atom stereocenters. The Balaban J connectivity index is 1.78. The van der Waals surface area contributed by atoms with E-state index >= 15 is 0 Å². The number of H-pyrrole nitrogens is 1. The lowest BCUT2D eigenvalue weighted by Crippen LogP contribution is -2.66. The Morgan fingerprint density at radius 3 is 2.85 bits per heavy atom. The van der Waals surface area contributed by atoms with E-state index in [-0.39, 0.29) is 0 Å². The zero-order valence-corrected chi connectivity index (χ0v) is 13.9. The second-order valence-electron chi connectivity index (χ2n) is 6.05. The van der Waals surface area contributed by atoms with Crippen LogP contribution < -0.4 is 16.4 Å². The molecule has 1 amide bonds. The maximum atomic E-state index is 11.8. The number of amides is 1. The zero-order valence-electron chi connectivity index (χ0n) is 13.9. The van der Waals surface area contributed by atoms with E-state index in [9.17, 15) is 20.1 Å². The van der Waals surface area contributed by atoms with E-state index in [1.54, 1.807) is 0 Å². The number of imidazole rings is 1. The fraction of sp³-hybridized carbons (Fsp3) is 0.571. The summed E-state index contributed by atoms with van der Waals surface area (Å²) in [6.45, 7) is 0.986. The number of aliphatic hydroxyl groups excluding tert-OH is 3. The highest BCUT2D eigenvalue weighted by molar-refractivity contribution is 5.82. The van der Waals surface area contributed by atoms with Crippen molar-refractivity contribution in [2.45, 2.75) is 43.5 Å². The van der Waals surface area contributed by atoms with Crippen molar-refractivity contribution in [2.24, 2.45) is 5.73 Å². The number of aliphatic hydroxyl groups is 3. The summed E-state index contributed by atoms with van der Waals surface area (Å²) in [7, 11) is 0. The van der Waals surface area contributed by atoms with E-state index in [2.05, 4.69) is 30.6 Å². The Morgan fingerprint density at radius 2 is 2.15 bits per heavy atom. The number of ether oxygens (including phenoxy) is 1. The summed E-state index contributed by atoms with van der Waals surface area (Å²) in [6, 6.07) is -1.84. The minimum absolute atomic E-state index is 0.304. The maximum absolute atomic E-state index is 11.8. The monoisotopic (exact) mass is 367 g/mol. The minimum Gasteiger partial charge on any atom is -0.394 e. The number of carbonyl (C=O) groups excluding carboxylic acids is 1. The van der Waals surface area contributed by atoms with Gasteiger partial charge in [0, 0.05) is 0 Å². The first-order valence-electron chi connectivity index (χ1n) is 8.01. The number of nitrogens with zero attached hydrogens (tertiary/aromatic N) is 3. The molecule has 26 heavy (non-hydrogen) atoms. The molecular formula is C14H21N7O5. The lowest BCUT2D eigenvalue weighted by Gasteiger charge is -2.43. The van der Waals surface area contributed by atoms with Crippen LogP contribution in [0.5, 0.6) is 0 Å². The van der Waals surface area contributed by atoms with Crippen molar-refractivity contribution >= 4 is 22.9 Å². The number of nitrogens with one attached hydrogen (secondary N) is 3. The van der Waals surface area contributed by atoms with E-state index in [0.29, 0.717) is 17.0 Å². The molecule has 1 aliphatic heterocycles. The molecule has 0 aliphatic carbocycles. The highest BCUT2D eigenvalue weighted by Crippen LogP contribution is 2.24. The standard InChI is InChI=1S/C14H21N7O5/c1-5(15)13(25)20-7-6(2-22)26-14(10(24)9(7)23)21-12-8-11(17-3-16-8)18-4-19-12/h3-7,9-10,14,22-24H,2,15H2,1H3,(H,20,25)(H2,16,17,18,19,21)/t5-,6-,7-,9+,10-,14-/m0/s1. The molecule has 1 aliphatic rings. The normalized spacial score (nSPS) is 30.1. The summed E-state index contributed by atoms with van der Waals surface area (Å²) >= 11 is 0. The van der Waals surface area contributed by atoms with E-state index in [4.69, 9.17) is 10.5 Å². The number of rotatable bonds is 5. The van der Waals surface area contributed by atoms with Gasteiger partial charge < -0.3 is 41.4 Å². The molecule has 1 fully saturated rings. The predicted molar refractivity (Wildman–Crippen MR) is 88.6 cm³/mol. The number of anilines is 1. The average Bonchev–Trinajstić information content (AvgIpc) is 3.10. The van der Waals surface area contributed by atoms with E-state index in [1.165, 1.54) is 19.6 Å². The van der Waals surface area contributed by atoms with Gasteiger partial charge in [0.1, 0.15) is 30.2 Å². The van der Waals surface area contributed by atoms with Crippen LogP contribution in [0.1, 0.15) is 6.92 Å². The molecule has 142 valence electrons. The van der Waals surface area contributed by atoms with Crippen molar-refractivity contribution in [3.05, 3.63) is 12.7 Å². The summed E-state index contributed by atoms with van der Waals surface area (Å²) in [5.74, 6) is -0.233. The molecule has 0 saturated carbocycles. The van der Waals surface area contributed by atoms with Gasteiger partial charge in [-0.3, -0.25) is 4.79 Å². The van der Waals surface area contributed by atoms with E-state index < -0.39 is 49.1 Å². The first-order valence-corrected chi connectivity index (χ1v) is 8.01. The second-order valence-corrected chi connectivity index (χ2v) is 6.05. The van der Waals surface area contributed by atoms with Gasteiger partial charge in [-0.25, -0.2) is 15.0 Å². The molecule has 0 spiro atoms. The molecule has 3 rings (SSSR count). The molecule has 2 aromatic heterocycles. The highest BCUT2D eigenvalue weighted by atomic mass is 16.5. The summed E-state index contributed by atoms with van der Waals surface area (Å²) in [5, 5.41) is 35.7. The van der Waals surface area contributed by atoms with Gasteiger partial charge in [-0.2, -0.15) is 0 Å². The fourth-order valence-electron chi connectivity index (χ4n) is 2.72. The van der Waals surface area contributed by atoms with Gasteiger partial charge >= 0.3 is 0 Å². The first-order chi connectivity index (χ1) is 12.4. The van der Waals surface area contributed by atoms with Crippen molar-refractivity contribution in [2.75, 3.05) is 11.9 Å². The zero-order chi connectivity index (χ0) is 18.8. The molecule has 0 aromatic carbocycles. The molecule has 8 N–H and O–H groups in total. The van der Waals surface area contributed by atoms with Crippen LogP contribution in [0.2, 0.25) is 0 Å². The number of fused-ring (bicyclic) bond motifs is 1. The maximum Gasteiger partial charge on any atom is 0.237 e. The third kappa shape index (κ3) is 3.45. The molecule has 3 heterocycles. The quantitative estimate of drug-likeness (QED) is 0.287. The Bertz CT molecular complexity index is 767. The van der Waals surface area contributed by atoms with Crippen LogP contribution in [0.15, 0.2) is 12.7 Å².